The van der Waals surface area contributed by atoms with Gasteiger partial charge < -0.3 is 9.52 Å². The topological polar surface area (TPSA) is 50.4 Å². The molecule has 1 aromatic heterocycles. The van der Waals surface area contributed by atoms with Crippen molar-refractivity contribution in [3.05, 3.63) is 59.2 Å². The van der Waals surface area contributed by atoms with E-state index >= 15 is 0 Å². The molecule has 0 fully saturated rings. The number of aryl methyl sites for hydroxylation is 2. The van der Waals surface area contributed by atoms with Crippen LogP contribution in [0, 0.1) is 13.8 Å². The quantitative estimate of drug-likeness (QED) is 0.747. The van der Waals surface area contributed by atoms with Gasteiger partial charge in [-0.2, -0.15) is 0 Å². The summed E-state index contributed by atoms with van der Waals surface area (Å²) in [6.07, 6.45) is 0. The second-order valence-electron chi connectivity index (χ2n) is 5.00. The number of hydrogen-bond acceptors (Lipinski definition) is 2. The van der Waals surface area contributed by atoms with Crippen LogP contribution < -0.4 is 0 Å². The van der Waals surface area contributed by atoms with E-state index in [1.165, 1.54) is 0 Å². The minimum Gasteiger partial charge on any atom is -0.478 e. The number of carbonyl (C=O) groups is 1. The van der Waals surface area contributed by atoms with Crippen molar-refractivity contribution in [1.29, 1.82) is 0 Å². The van der Waals surface area contributed by atoms with Crippen molar-refractivity contribution >= 4 is 16.9 Å². The fourth-order valence-electron chi connectivity index (χ4n) is 2.40. The van der Waals surface area contributed by atoms with Gasteiger partial charge in [-0.25, -0.2) is 4.79 Å². The minimum atomic E-state index is -0.928. The van der Waals surface area contributed by atoms with Crippen LogP contribution in [0.15, 0.2) is 46.9 Å². The van der Waals surface area contributed by atoms with E-state index < -0.39 is 5.97 Å². The van der Waals surface area contributed by atoms with Crippen molar-refractivity contribution < 1.29 is 14.3 Å². The Kier molecular flexibility index (Phi) is 2.83. The summed E-state index contributed by atoms with van der Waals surface area (Å²) in [6, 6.07) is 13.1. The standard InChI is InChI=1S/C17H14O3/c1-10-6-13(8-14(7-10)17(18)19)15-9-12-5-3-4-11(2)16(12)20-15/h3-9H,1-2H3,(H,18,19). The summed E-state index contributed by atoms with van der Waals surface area (Å²) in [5.41, 5.74) is 3.88. The van der Waals surface area contributed by atoms with Crippen LogP contribution in [0.1, 0.15) is 21.5 Å². The summed E-state index contributed by atoms with van der Waals surface area (Å²) in [6.45, 7) is 3.87. The fraction of sp³-hybridized carbons (Fsp3) is 0.118. The van der Waals surface area contributed by atoms with Crippen molar-refractivity contribution in [2.24, 2.45) is 0 Å². The second-order valence-corrected chi connectivity index (χ2v) is 5.00. The summed E-state index contributed by atoms with van der Waals surface area (Å²) >= 11 is 0. The van der Waals surface area contributed by atoms with Crippen molar-refractivity contribution in [2.75, 3.05) is 0 Å². The molecule has 0 saturated carbocycles. The van der Waals surface area contributed by atoms with Crippen LogP contribution in [0.4, 0.5) is 0 Å². The van der Waals surface area contributed by atoms with Gasteiger partial charge in [0, 0.05) is 10.9 Å². The lowest BCUT2D eigenvalue weighted by molar-refractivity contribution is 0.0697. The van der Waals surface area contributed by atoms with E-state index in [2.05, 4.69) is 0 Å². The van der Waals surface area contributed by atoms with E-state index in [1.54, 1.807) is 12.1 Å². The van der Waals surface area contributed by atoms with E-state index in [0.717, 1.165) is 27.7 Å². The van der Waals surface area contributed by atoms with Gasteiger partial charge in [-0.15, -0.1) is 0 Å². The fourth-order valence-corrected chi connectivity index (χ4v) is 2.40. The maximum atomic E-state index is 11.1. The molecule has 0 aliphatic rings. The van der Waals surface area contributed by atoms with E-state index in [4.69, 9.17) is 9.52 Å². The van der Waals surface area contributed by atoms with Gasteiger partial charge in [0.25, 0.3) is 0 Å². The molecule has 0 aliphatic heterocycles. The molecule has 100 valence electrons. The van der Waals surface area contributed by atoms with Gasteiger partial charge >= 0.3 is 5.97 Å². The monoisotopic (exact) mass is 266 g/mol. The van der Waals surface area contributed by atoms with Crippen LogP contribution >= 0.6 is 0 Å². The van der Waals surface area contributed by atoms with Gasteiger partial charge in [-0.3, -0.25) is 0 Å². The zero-order valence-electron chi connectivity index (χ0n) is 11.3. The number of furan rings is 1. The van der Waals surface area contributed by atoms with Crippen LogP contribution in [-0.2, 0) is 0 Å². The van der Waals surface area contributed by atoms with Crippen molar-refractivity contribution in [3.8, 4) is 11.3 Å². The van der Waals surface area contributed by atoms with Crippen molar-refractivity contribution in [2.45, 2.75) is 13.8 Å². The molecule has 2 aromatic carbocycles. The van der Waals surface area contributed by atoms with Gasteiger partial charge in [0.15, 0.2) is 0 Å². The van der Waals surface area contributed by atoms with E-state index in [0.29, 0.717) is 5.76 Å². The molecule has 0 aliphatic carbocycles. The minimum absolute atomic E-state index is 0.275. The van der Waals surface area contributed by atoms with Gasteiger partial charge in [-0.05, 0) is 49.2 Å². The summed E-state index contributed by atoms with van der Waals surface area (Å²) < 4.78 is 5.88. The molecule has 1 N–H and O–H groups in total. The summed E-state index contributed by atoms with van der Waals surface area (Å²) in [4.78, 5) is 11.1. The SMILES string of the molecule is Cc1cc(C(=O)O)cc(-c2cc3cccc(C)c3o2)c1. The Labute approximate surface area is 116 Å². The first-order chi connectivity index (χ1) is 9.54. The highest BCUT2D eigenvalue weighted by Gasteiger charge is 2.11. The van der Waals surface area contributed by atoms with Gasteiger partial charge in [0.2, 0.25) is 0 Å². The summed E-state index contributed by atoms with van der Waals surface area (Å²) in [5.74, 6) is -0.234. The molecule has 0 unspecified atom stereocenters. The Bertz CT molecular complexity index is 812. The molecule has 20 heavy (non-hydrogen) atoms. The first kappa shape index (κ1) is 12.5. The predicted octanol–water partition coefficient (Wildman–Crippen LogP) is 4.41. The van der Waals surface area contributed by atoms with Gasteiger partial charge in [-0.1, -0.05) is 18.2 Å². The number of hydrogen-bond donors (Lipinski definition) is 1. The Morgan fingerprint density at radius 3 is 2.60 bits per heavy atom. The highest BCUT2D eigenvalue weighted by Crippen LogP contribution is 2.30. The van der Waals surface area contributed by atoms with Gasteiger partial charge in [0.1, 0.15) is 11.3 Å². The van der Waals surface area contributed by atoms with Crippen molar-refractivity contribution in [1.82, 2.24) is 0 Å². The number of rotatable bonds is 2. The van der Waals surface area contributed by atoms with E-state index in [9.17, 15) is 4.79 Å². The number of fused-ring (bicyclic) bond motifs is 1. The highest BCUT2D eigenvalue weighted by atomic mass is 16.4. The van der Waals surface area contributed by atoms with Gasteiger partial charge in [0.05, 0.1) is 5.56 Å². The Balaban J connectivity index is 2.20. The number of benzene rings is 2. The maximum absolute atomic E-state index is 11.1. The maximum Gasteiger partial charge on any atom is 0.335 e. The molecule has 1 heterocycles. The summed E-state index contributed by atoms with van der Waals surface area (Å²) in [7, 11) is 0. The molecule has 0 atom stereocenters. The Morgan fingerprint density at radius 2 is 1.90 bits per heavy atom. The number of carboxylic acid groups (broad SMARTS) is 1. The molecule has 0 bridgehead atoms. The molecule has 0 spiro atoms. The van der Waals surface area contributed by atoms with Crippen LogP contribution in [0.5, 0.6) is 0 Å². The zero-order valence-corrected chi connectivity index (χ0v) is 11.3. The van der Waals surface area contributed by atoms with Crippen LogP contribution in [0.2, 0.25) is 0 Å². The third-order valence-electron chi connectivity index (χ3n) is 3.35. The molecule has 0 radical (unpaired) electrons. The molecule has 0 amide bonds. The lowest BCUT2D eigenvalue weighted by Crippen LogP contribution is -1.97. The zero-order chi connectivity index (χ0) is 14.3. The number of carboxylic acids is 1. The molecule has 3 rings (SSSR count). The van der Waals surface area contributed by atoms with E-state index in [1.807, 2.05) is 44.2 Å². The normalized spacial score (nSPS) is 10.9. The molecule has 3 aromatic rings. The van der Waals surface area contributed by atoms with Crippen LogP contribution in [0.3, 0.4) is 0 Å². The first-order valence-electron chi connectivity index (χ1n) is 6.39. The molecular weight excluding hydrogens is 252 g/mol. The Morgan fingerprint density at radius 1 is 1.10 bits per heavy atom. The highest BCUT2D eigenvalue weighted by molar-refractivity contribution is 5.91. The first-order valence-corrected chi connectivity index (χ1v) is 6.39. The largest absolute Gasteiger partial charge is 0.478 e. The Hall–Kier alpha value is -2.55. The van der Waals surface area contributed by atoms with E-state index in [-0.39, 0.29) is 5.56 Å². The lowest BCUT2D eigenvalue weighted by atomic mass is 10.0. The van der Waals surface area contributed by atoms with Crippen LogP contribution in [0.25, 0.3) is 22.3 Å². The molecule has 3 heteroatoms. The number of aromatic carboxylic acids is 1. The third-order valence-corrected chi connectivity index (χ3v) is 3.35. The summed E-state index contributed by atoms with van der Waals surface area (Å²) in [5, 5.41) is 10.2. The lowest BCUT2D eigenvalue weighted by Gasteiger charge is -2.02. The van der Waals surface area contributed by atoms with Crippen LogP contribution in [-0.4, -0.2) is 11.1 Å². The number of para-hydroxylation sites is 1. The predicted molar refractivity (Wildman–Crippen MR) is 78.1 cm³/mol. The third kappa shape index (κ3) is 2.07. The average molecular weight is 266 g/mol. The molecular formula is C17H14O3. The smallest absolute Gasteiger partial charge is 0.335 e. The molecule has 0 saturated heterocycles. The van der Waals surface area contributed by atoms with Crippen molar-refractivity contribution in [3.63, 3.8) is 0 Å². The average Bonchev–Trinajstić information content (AvgIpc) is 2.83. The molecule has 3 nitrogen and oxygen atoms in total. The second kappa shape index (κ2) is 4.53.